The fourth-order valence-corrected chi connectivity index (χ4v) is 4.08. The summed E-state index contributed by atoms with van der Waals surface area (Å²) in [6.45, 7) is 2.05. The monoisotopic (exact) mass is 419 g/mol. The highest BCUT2D eigenvalue weighted by molar-refractivity contribution is 7.92. The van der Waals surface area contributed by atoms with Gasteiger partial charge in [-0.1, -0.05) is 6.07 Å². The van der Waals surface area contributed by atoms with Crippen LogP contribution < -0.4 is 14.5 Å². The van der Waals surface area contributed by atoms with Crippen molar-refractivity contribution < 1.29 is 22.4 Å². The van der Waals surface area contributed by atoms with Crippen LogP contribution in [0.4, 0.5) is 21.5 Å². The smallest absolute Gasteiger partial charge is 0.245 e. The van der Waals surface area contributed by atoms with Crippen molar-refractivity contribution in [3.63, 3.8) is 0 Å². The van der Waals surface area contributed by atoms with Gasteiger partial charge in [-0.2, -0.15) is 0 Å². The lowest BCUT2D eigenvalue weighted by Gasteiger charge is -2.22. The van der Waals surface area contributed by atoms with Crippen LogP contribution >= 0.6 is 0 Å². The summed E-state index contributed by atoms with van der Waals surface area (Å²) in [7, 11) is -3.76. The fraction of sp³-hybridized carbons (Fsp3) is 0.300. The van der Waals surface area contributed by atoms with Gasteiger partial charge in [0.05, 0.1) is 11.9 Å². The molecule has 3 rings (SSSR count). The number of nitrogens with one attached hydrogen (secondary N) is 1. The predicted molar refractivity (Wildman–Crippen MR) is 110 cm³/mol. The maximum atomic E-state index is 13.1. The van der Waals surface area contributed by atoms with Gasteiger partial charge in [0.1, 0.15) is 12.4 Å². The largest absolute Gasteiger partial charge is 0.324 e. The van der Waals surface area contributed by atoms with Crippen LogP contribution in [0.15, 0.2) is 42.5 Å². The summed E-state index contributed by atoms with van der Waals surface area (Å²) in [5, 5.41) is 2.67. The fourth-order valence-electron chi connectivity index (χ4n) is 3.22. The third kappa shape index (κ3) is 4.92. The summed E-state index contributed by atoms with van der Waals surface area (Å²) in [4.78, 5) is 26.2. The minimum absolute atomic E-state index is 0.0381. The SMILES string of the molecule is Cc1ccc(NC(=O)CN(c2ccc(F)cc2)S(C)(=O)=O)cc1N1CCCC1=O. The average Bonchev–Trinajstić information content (AvgIpc) is 3.07. The van der Waals surface area contributed by atoms with Crippen LogP contribution in [0, 0.1) is 12.7 Å². The summed E-state index contributed by atoms with van der Waals surface area (Å²) in [6, 6.07) is 10.1. The van der Waals surface area contributed by atoms with Crippen molar-refractivity contribution in [2.45, 2.75) is 19.8 Å². The van der Waals surface area contributed by atoms with Crippen molar-refractivity contribution in [2.75, 3.05) is 33.9 Å². The first-order valence-electron chi connectivity index (χ1n) is 9.09. The van der Waals surface area contributed by atoms with E-state index in [0.717, 1.165) is 40.4 Å². The Morgan fingerprint density at radius 1 is 1.21 bits per heavy atom. The Bertz CT molecular complexity index is 1040. The molecule has 29 heavy (non-hydrogen) atoms. The standard InChI is InChI=1S/C20H22FN3O4S/c1-14-5-8-16(12-18(14)23-11-3-4-20(23)26)22-19(25)13-24(29(2,27)28)17-9-6-15(21)7-10-17/h5-10,12H,3-4,11,13H2,1-2H3,(H,22,25). The van der Waals surface area contributed by atoms with E-state index in [4.69, 9.17) is 0 Å². The molecular formula is C20H22FN3O4S. The Morgan fingerprint density at radius 2 is 1.90 bits per heavy atom. The van der Waals surface area contributed by atoms with Crippen LogP contribution in [-0.4, -0.2) is 39.6 Å². The summed E-state index contributed by atoms with van der Waals surface area (Å²) in [5.41, 5.74) is 2.28. The summed E-state index contributed by atoms with van der Waals surface area (Å²) < 4.78 is 38.3. The quantitative estimate of drug-likeness (QED) is 0.780. The van der Waals surface area contributed by atoms with Gasteiger partial charge in [-0.05, 0) is 55.3 Å². The Balaban J connectivity index is 1.78. The summed E-state index contributed by atoms with van der Waals surface area (Å²) in [5.74, 6) is -1.02. The Labute approximate surface area is 169 Å². The molecular weight excluding hydrogens is 397 g/mol. The molecule has 0 atom stereocenters. The molecule has 0 aliphatic carbocycles. The van der Waals surface area contributed by atoms with Gasteiger partial charge in [0.25, 0.3) is 0 Å². The molecule has 2 aromatic carbocycles. The van der Waals surface area contributed by atoms with Gasteiger partial charge in [-0.15, -0.1) is 0 Å². The number of anilines is 3. The number of halogens is 1. The second-order valence-corrected chi connectivity index (χ2v) is 8.85. The molecule has 7 nitrogen and oxygen atoms in total. The maximum Gasteiger partial charge on any atom is 0.245 e. The Hall–Kier alpha value is -2.94. The van der Waals surface area contributed by atoms with Crippen LogP contribution in [0.1, 0.15) is 18.4 Å². The third-order valence-electron chi connectivity index (χ3n) is 4.66. The molecule has 0 saturated carbocycles. The Morgan fingerprint density at radius 3 is 2.48 bits per heavy atom. The second kappa shape index (κ2) is 8.20. The maximum absolute atomic E-state index is 13.1. The molecule has 0 unspecified atom stereocenters. The molecule has 9 heteroatoms. The third-order valence-corrected chi connectivity index (χ3v) is 5.80. The van der Waals surface area contributed by atoms with E-state index in [1.54, 1.807) is 23.1 Å². The lowest BCUT2D eigenvalue weighted by atomic mass is 10.1. The molecule has 1 N–H and O–H groups in total. The molecule has 1 aliphatic rings. The molecule has 1 aliphatic heterocycles. The number of amides is 2. The van der Waals surface area contributed by atoms with E-state index in [0.29, 0.717) is 18.7 Å². The normalized spacial score (nSPS) is 14.2. The lowest BCUT2D eigenvalue weighted by molar-refractivity contribution is -0.117. The molecule has 0 aromatic heterocycles. The van der Waals surface area contributed by atoms with Crippen molar-refractivity contribution in [1.82, 2.24) is 0 Å². The van der Waals surface area contributed by atoms with E-state index in [2.05, 4.69) is 5.32 Å². The van der Waals surface area contributed by atoms with Crippen molar-refractivity contribution in [2.24, 2.45) is 0 Å². The molecule has 1 saturated heterocycles. The highest BCUT2D eigenvalue weighted by Crippen LogP contribution is 2.28. The van der Waals surface area contributed by atoms with E-state index in [1.807, 2.05) is 6.92 Å². The number of benzene rings is 2. The highest BCUT2D eigenvalue weighted by atomic mass is 32.2. The molecule has 2 amide bonds. The van der Waals surface area contributed by atoms with Crippen LogP contribution in [-0.2, 0) is 19.6 Å². The van der Waals surface area contributed by atoms with Crippen LogP contribution in [0.2, 0.25) is 0 Å². The number of carbonyl (C=O) groups excluding carboxylic acids is 2. The molecule has 2 aromatic rings. The van der Waals surface area contributed by atoms with E-state index < -0.39 is 28.3 Å². The molecule has 1 fully saturated rings. The predicted octanol–water partition coefficient (Wildman–Crippen LogP) is 2.67. The van der Waals surface area contributed by atoms with Crippen LogP contribution in [0.25, 0.3) is 0 Å². The number of hydrogen-bond donors (Lipinski definition) is 1. The number of rotatable bonds is 6. The average molecular weight is 419 g/mol. The molecule has 0 spiro atoms. The number of carbonyl (C=O) groups is 2. The van der Waals surface area contributed by atoms with Gasteiger partial charge in [-0.3, -0.25) is 13.9 Å². The first kappa shape index (κ1) is 20.8. The van der Waals surface area contributed by atoms with Gasteiger partial charge in [0.2, 0.25) is 21.8 Å². The zero-order valence-electron chi connectivity index (χ0n) is 16.2. The van der Waals surface area contributed by atoms with E-state index in [-0.39, 0.29) is 11.6 Å². The molecule has 0 radical (unpaired) electrons. The summed E-state index contributed by atoms with van der Waals surface area (Å²) >= 11 is 0. The van der Waals surface area contributed by atoms with Crippen molar-refractivity contribution in [3.05, 3.63) is 53.8 Å². The van der Waals surface area contributed by atoms with Gasteiger partial charge in [-0.25, -0.2) is 12.8 Å². The minimum atomic E-state index is -3.76. The highest BCUT2D eigenvalue weighted by Gasteiger charge is 2.24. The minimum Gasteiger partial charge on any atom is -0.324 e. The summed E-state index contributed by atoms with van der Waals surface area (Å²) in [6.07, 6.45) is 2.26. The Kier molecular flexibility index (Phi) is 5.88. The zero-order valence-corrected chi connectivity index (χ0v) is 17.0. The number of nitrogens with zero attached hydrogens (tertiary/aromatic N) is 2. The van der Waals surface area contributed by atoms with E-state index in [1.165, 1.54) is 12.1 Å². The first-order chi connectivity index (χ1) is 13.6. The van der Waals surface area contributed by atoms with Gasteiger partial charge in [0.15, 0.2) is 0 Å². The van der Waals surface area contributed by atoms with Crippen LogP contribution in [0.5, 0.6) is 0 Å². The van der Waals surface area contributed by atoms with Gasteiger partial charge < -0.3 is 10.2 Å². The van der Waals surface area contributed by atoms with Crippen molar-refractivity contribution in [1.29, 1.82) is 0 Å². The first-order valence-corrected chi connectivity index (χ1v) is 10.9. The van der Waals surface area contributed by atoms with Gasteiger partial charge >= 0.3 is 0 Å². The topological polar surface area (TPSA) is 86.8 Å². The molecule has 1 heterocycles. The molecule has 0 bridgehead atoms. The number of sulfonamides is 1. The van der Waals surface area contributed by atoms with E-state index in [9.17, 15) is 22.4 Å². The van der Waals surface area contributed by atoms with Crippen LogP contribution in [0.3, 0.4) is 0 Å². The van der Waals surface area contributed by atoms with E-state index >= 15 is 0 Å². The van der Waals surface area contributed by atoms with Gasteiger partial charge in [0, 0.05) is 24.3 Å². The zero-order chi connectivity index (χ0) is 21.2. The van der Waals surface area contributed by atoms with Crippen molar-refractivity contribution in [3.8, 4) is 0 Å². The number of aryl methyl sites for hydroxylation is 1. The molecule has 154 valence electrons. The van der Waals surface area contributed by atoms with Crippen molar-refractivity contribution >= 4 is 38.9 Å². The second-order valence-electron chi connectivity index (χ2n) is 6.94. The lowest BCUT2D eigenvalue weighted by Crippen LogP contribution is -2.37. The number of hydrogen-bond acceptors (Lipinski definition) is 4.